The zero-order valence-electron chi connectivity index (χ0n) is 8.61. The maximum absolute atomic E-state index is 13.6. The highest BCUT2D eigenvalue weighted by atomic mass is 32.1. The number of hydrogen-bond donors (Lipinski definition) is 1. The third-order valence-electron chi connectivity index (χ3n) is 3.30. The maximum atomic E-state index is 13.6. The van der Waals surface area contributed by atoms with Crippen LogP contribution in [0.5, 0.6) is 0 Å². The van der Waals surface area contributed by atoms with E-state index in [-0.39, 0.29) is 5.82 Å². The van der Waals surface area contributed by atoms with Gasteiger partial charge in [-0.25, -0.2) is 4.39 Å². The first kappa shape index (κ1) is 10.00. The predicted octanol–water partition coefficient (Wildman–Crippen LogP) is 3.07. The number of thiophene rings is 1. The van der Waals surface area contributed by atoms with Crippen LogP contribution in [0, 0.1) is 5.82 Å². The molecule has 0 fully saturated rings. The van der Waals surface area contributed by atoms with Gasteiger partial charge in [-0.1, -0.05) is 12.1 Å². The van der Waals surface area contributed by atoms with E-state index in [2.05, 4.69) is 0 Å². The van der Waals surface area contributed by atoms with Gasteiger partial charge in [0.15, 0.2) is 0 Å². The molecule has 0 radical (unpaired) electrons. The molecule has 1 heterocycles. The summed E-state index contributed by atoms with van der Waals surface area (Å²) in [5.74, 6) is -0.205. The van der Waals surface area contributed by atoms with E-state index in [0.29, 0.717) is 18.4 Å². The highest BCUT2D eigenvalue weighted by Crippen LogP contribution is 2.43. The minimum atomic E-state index is -0.989. The summed E-state index contributed by atoms with van der Waals surface area (Å²) in [6.07, 6.45) is 1.17. The summed E-state index contributed by atoms with van der Waals surface area (Å²) in [5, 5.41) is 14.5. The third kappa shape index (κ3) is 1.25. The van der Waals surface area contributed by atoms with Crippen LogP contribution in [-0.4, -0.2) is 5.11 Å². The second-order valence-electron chi connectivity index (χ2n) is 4.14. The predicted molar refractivity (Wildman–Crippen MR) is 62.0 cm³/mol. The van der Waals surface area contributed by atoms with Gasteiger partial charge in [0.05, 0.1) is 0 Å². The van der Waals surface area contributed by atoms with Crippen molar-refractivity contribution in [2.75, 3.05) is 0 Å². The van der Waals surface area contributed by atoms with E-state index in [9.17, 15) is 9.50 Å². The zero-order chi connectivity index (χ0) is 11.2. The van der Waals surface area contributed by atoms with Gasteiger partial charge in [-0.2, -0.15) is 11.3 Å². The molecule has 0 saturated carbocycles. The van der Waals surface area contributed by atoms with Crippen molar-refractivity contribution in [3.63, 3.8) is 0 Å². The Morgan fingerprint density at radius 3 is 2.94 bits per heavy atom. The normalized spacial score (nSPS) is 23.4. The molecule has 1 aliphatic carbocycles. The molecule has 2 aromatic rings. The largest absolute Gasteiger partial charge is 0.380 e. The van der Waals surface area contributed by atoms with Crippen molar-refractivity contribution < 1.29 is 9.50 Å². The summed E-state index contributed by atoms with van der Waals surface area (Å²) in [6, 6.07) is 6.85. The molecule has 1 nitrogen and oxygen atoms in total. The van der Waals surface area contributed by atoms with Crippen molar-refractivity contribution in [1.82, 2.24) is 0 Å². The van der Waals surface area contributed by atoms with E-state index in [1.54, 1.807) is 17.4 Å². The van der Waals surface area contributed by atoms with Crippen LogP contribution in [0.25, 0.3) is 0 Å². The van der Waals surface area contributed by atoms with Gasteiger partial charge < -0.3 is 5.11 Å². The van der Waals surface area contributed by atoms with Crippen molar-refractivity contribution in [3.8, 4) is 0 Å². The van der Waals surface area contributed by atoms with Gasteiger partial charge in [-0.05, 0) is 52.4 Å². The van der Waals surface area contributed by atoms with Gasteiger partial charge in [-0.15, -0.1) is 0 Å². The smallest absolute Gasteiger partial charge is 0.126 e. The van der Waals surface area contributed by atoms with Gasteiger partial charge in [0.2, 0.25) is 0 Å². The topological polar surface area (TPSA) is 20.2 Å². The van der Waals surface area contributed by atoms with E-state index in [1.807, 2.05) is 22.9 Å². The van der Waals surface area contributed by atoms with E-state index in [4.69, 9.17) is 0 Å². The lowest BCUT2D eigenvalue weighted by Crippen LogP contribution is -2.22. The summed E-state index contributed by atoms with van der Waals surface area (Å²) < 4.78 is 13.6. The Morgan fingerprint density at radius 1 is 1.31 bits per heavy atom. The van der Waals surface area contributed by atoms with Crippen LogP contribution < -0.4 is 0 Å². The number of benzene rings is 1. The van der Waals surface area contributed by atoms with Crippen LogP contribution in [0.4, 0.5) is 4.39 Å². The quantitative estimate of drug-likeness (QED) is 0.804. The van der Waals surface area contributed by atoms with E-state index in [1.165, 1.54) is 6.07 Å². The Balaban J connectivity index is 2.19. The van der Waals surface area contributed by atoms with Crippen molar-refractivity contribution in [1.29, 1.82) is 0 Å². The molecule has 3 heteroatoms. The van der Waals surface area contributed by atoms with Crippen LogP contribution in [0.1, 0.15) is 23.1 Å². The van der Waals surface area contributed by atoms with Crippen LogP contribution in [0.3, 0.4) is 0 Å². The molecule has 82 valence electrons. The second-order valence-corrected chi connectivity index (χ2v) is 4.92. The highest BCUT2D eigenvalue weighted by molar-refractivity contribution is 7.08. The van der Waals surface area contributed by atoms with Gasteiger partial charge in [-0.3, -0.25) is 0 Å². The third-order valence-corrected chi connectivity index (χ3v) is 3.98. The molecule has 0 bridgehead atoms. The SMILES string of the molecule is OC1(c2ccsc2)CCc2c(F)cccc21. The fourth-order valence-corrected chi connectivity index (χ4v) is 3.16. The van der Waals surface area contributed by atoms with Gasteiger partial charge in [0.1, 0.15) is 11.4 Å². The second kappa shape index (κ2) is 3.40. The molecule has 1 N–H and O–H groups in total. The number of aliphatic hydroxyl groups is 1. The molecule has 16 heavy (non-hydrogen) atoms. The van der Waals surface area contributed by atoms with Crippen molar-refractivity contribution in [2.45, 2.75) is 18.4 Å². The van der Waals surface area contributed by atoms with Gasteiger partial charge in [0.25, 0.3) is 0 Å². The maximum Gasteiger partial charge on any atom is 0.126 e. The van der Waals surface area contributed by atoms with Crippen LogP contribution >= 0.6 is 11.3 Å². The summed E-state index contributed by atoms with van der Waals surface area (Å²) in [4.78, 5) is 0. The first-order valence-corrected chi connectivity index (χ1v) is 6.19. The Labute approximate surface area is 97.2 Å². The lowest BCUT2D eigenvalue weighted by Gasteiger charge is -2.23. The first-order valence-electron chi connectivity index (χ1n) is 5.25. The average Bonchev–Trinajstić information content (AvgIpc) is 2.88. The standard InChI is InChI=1S/C13H11FOS/c14-12-3-1-2-11-10(12)4-6-13(11,15)9-5-7-16-8-9/h1-3,5,7-8,15H,4,6H2. The number of rotatable bonds is 1. The molecule has 1 atom stereocenters. The molecular formula is C13H11FOS. The monoisotopic (exact) mass is 234 g/mol. The lowest BCUT2D eigenvalue weighted by atomic mass is 9.90. The van der Waals surface area contributed by atoms with Crippen molar-refractivity contribution in [2.24, 2.45) is 0 Å². The van der Waals surface area contributed by atoms with Crippen LogP contribution in [0.2, 0.25) is 0 Å². The average molecular weight is 234 g/mol. The molecule has 1 aromatic carbocycles. The molecule has 1 unspecified atom stereocenters. The molecule has 0 aliphatic heterocycles. The molecule has 0 amide bonds. The fraction of sp³-hybridized carbons (Fsp3) is 0.231. The lowest BCUT2D eigenvalue weighted by molar-refractivity contribution is 0.0834. The van der Waals surface area contributed by atoms with E-state index in [0.717, 1.165) is 11.1 Å². The summed E-state index contributed by atoms with van der Waals surface area (Å²) >= 11 is 1.55. The van der Waals surface area contributed by atoms with Gasteiger partial charge >= 0.3 is 0 Å². The molecular weight excluding hydrogens is 223 g/mol. The Hall–Kier alpha value is -1.19. The summed E-state index contributed by atoms with van der Waals surface area (Å²) in [6.45, 7) is 0. The fourth-order valence-electron chi connectivity index (χ4n) is 2.44. The van der Waals surface area contributed by atoms with Gasteiger partial charge in [0, 0.05) is 0 Å². The van der Waals surface area contributed by atoms with Crippen LogP contribution in [-0.2, 0) is 12.0 Å². The molecule has 0 saturated heterocycles. The molecule has 1 aliphatic rings. The van der Waals surface area contributed by atoms with Crippen molar-refractivity contribution >= 4 is 11.3 Å². The van der Waals surface area contributed by atoms with Crippen LogP contribution in [0.15, 0.2) is 35.0 Å². The minimum Gasteiger partial charge on any atom is -0.380 e. The molecule has 1 aromatic heterocycles. The number of fused-ring (bicyclic) bond motifs is 1. The van der Waals surface area contributed by atoms with E-state index >= 15 is 0 Å². The minimum absolute atomic E-state index is 0.205. The summed E-state index contributed by atoms with van der Waals surface area (Å²) in [7, 11) is 0. The Morgan fingerprint density at radius 2 is 2.19 bits per heavy atom. The van der Waals surface area contributed by atoms with E-state index < -0.39 is 5.60 Å². The number of halogens is 1. The number of hydrogen-bond acceptors (Lipinski definition) is 2. The molecule has 3 rings (SSSR count). The molecule has 0 spiro atoms. The Kier molecular flexibility index (Phi) is 2.13. The summed E-state index contributed by atoms with van der Waals surface area (Å²) in [5.41, 5.74) is 1.28. The first-order chi connectivity index (χ1) is 7.72. The Bertz CT molecular complexity index is 521. The highest BCUT2D eigenvalue weighted by Gasteiger charge is 2.39. The van der Waals surface area contributed by atoms with Crippen molar-refractivity contribution in [3.05, 3.63) is 57.5 Å². The zero-order valence-corrected chi connectivity index (χ0v) is 9.43.